The van der Waals surface area contributed by atoms with E-state index in [1.165, 1.54) is 0 Å². The van der Waals surface area contributed by atoms with Crippen molar-refractivity contribution >= 4 is 5.97 Å². The molecule has 0 spiro atoms. The van der Waals surface area contributed by atoms with Gasteiger partial charge in [-0.3, -0.25) is 4.79 Å². The first-order valence-electron chi connectivity index (χ1n) is 2.84. The summed E-state index contributed by atoms with van der Waals surface area (Å²) in [5.41, 5.74) is 0. The van der Waals surface area contributed by atoms with E-state index in [2.05, 4.69) is 5.32 Å². The molecule has 0 radical (unpaired) electrons. The second kappa shape index (κ2) is 4.31. The molecule has 3 N–H and O–H groups in total. The van der Waals surface area contributed by atoms with Crippen LogP contribution in [0.1, 0.15) is 7.85 Å². The molecule has 1 aliphatic heterocycles. The van der Waals surface area contributed by atoms with Crippen LogP contribution in [0.3, 0.4) is 0 Å². The molecule has 0 bridgehead atoms. The van der Waals surface area contributed by atoms with Gasteiger partial charge in [0.05, 0.1) is 6.10 Å². The maximum absolute atomic E-state index is 10.2. The second-order valence-electron chi connectivity index (χ2n) is 2.19. The standard InChI is InChI=1S/C5H9NO3.Na.H/c7-3-1-4(5(8)9)6-2-3;;/h3-4,6-7H,1-2H2,(H,8,9);;/q;+1;-1. The first-order chi connectivity index (χ1) is 4.20. The van der Waals surface area contributed by atoms with Crippen molar-refractivity contribution in [1.82, 2.24) is 5.32 Å². The summed E-state index contributed by atoms with van der Waals surface area (Å²) in [7, 11) is 0. The molecular weight excluding hydrogens is 145 g/mol. The van der Waals surface area contributed by atoms with Crippen LogP contribution in [0.4, 0.5) is 0 Å². The summed E-state index contributed by atoms with van der Waals surface area (Å²) in [5, 5.41) is 19.8. The number of aliphatic carboxylic acids is 1. The van der Waals surface area contributed by atoms with Crippen molar-refractivity contribution in [3.05, 3.63) is 0 Å². The van der Waals surface area contributed by atoms with E-state index in [-0.39, 0.29) is 31.0 Å². The minimum absolute atomic E-state index is 0. The molecule has 2 unspecified atom stereocenters. The zero-order valence-electron chi connectivity index (χ0n) is 6.87. The molecule has 2 atom stereocenters. The van der Waals surface area contributed by atoms with Gasteiger partial charge < -0.3 is 17.0 Å². The van der Waals surface area contributed by atoms with E-state index < -0.39 is 18.1 Å². The minimum Gasteiger partial charge on any atom is -1.00 e. The zero-order valence-corrected chi connectivity index (χ0v) is 7.87. The molecule has 1 aliphatic rings. The third-order valence-corrected chi connectivity index (χ3v) is 1.41. The van der Waals surface area contributed by atoms with Gasteiger partial charge in [-0.25, -0.2) is 0 Å². The molecule has 0 aromatic heterocycles. The van der Waals surface area contributed by atoms with Crippen molar-refractivity contribution in [2.24, 2.45) is 0 Å². The van der Waals surface area contributed by atoms with Crippen molar-refractivity contribution in [1.29, 1.82) is 0 Å². The van der Waals surface area contributed by atoms with Crippen molar-refractivity contribution in [3.8, 4) is 0 Å². The van der Waals surface area contributed by atoms with E-state index in [4.69, 9.17) is 10.2 Å². The number of hydrogen-bond donors (Lipinski definition) is 3. The fourth-order valence-electron chi connectivity index (χ4n) is 0.905. The molecule has 10 heavy (non-hydrogen) atoms. The predicted octanol–water partition coefficient (Wildman–Crippen LogP) is -4.09. The normalized spacial score (nSPS) is 31.3. The number of nitrogens with one attached hydrogen (secondary N) is 1. The van der Waals surface area contributed by atoms with Crippen molar-refractivity contribution in [3.63, 3.8) is 0 Å². The fraction of sp³-hybridized carbons (Fsp3) is 0.800. The van der Waals surface area contributed by atoms with Gasteiger partial charge in [-0.05, 0) is 0 Å². The van der Waals surface area contributed by atoms with Crippen LogP contribution in [0, 0.1) is 0 Å². The Bertz CT molecular complexity index is 135. The molecule has 54 valence electrons. The van der Waals surface area contributed by atoms with Gasteiger partial charge >= 0.3 is 35.5 Å². The summed E-state index contributed by atoms with van der Waals surface area (Å²) in [6, 6.07) is -0.542. The quantitative estimate of drug-likeness (QED) is 0.337. The maximum Gasteiger partial charge on any atom is 1.00 e. The molecule has 4 nitrogen and oxygen atoms in total. The van der Waals surface area contributed by atoms with Gasteiger partial charge in [0.25, 0.3) is 0 Å². The third-order valence-electron chi connectivity index (χ3n) is 1.41. The van der Waals surface area contributed by atoms with Gasteiger partial charge in [-0.15, -0.1) is 0 Å². The van der Waals surface area contributed by atoms with E-state index in [0.717, 1.165) is 0 Å². The van der Waals surface area contributed by atoms with Crippen LogP contribution in [0.25, 0.3) is 0 Å². The average Bonchev–Trinajstić information content (AvgIpc) is 2.14. The Kier molecular flexibility index (Phi) is 4.47. The van der Waals surface area contributed by atoms with Crippen LogP contribution in [0.15, 0.2) is 0 Å². The molecule has 5 heteroatoms. The van der Waals surface area contributed by atoms with Gasteiger partial charge in [0.2, 0.25) is 0 Å². The van der Waals surface area contributed by atoms with E-state index in [1.807, 2.05) is 0 Å². The molecule has 0 aliphatic carbocycles. The summed E-state index contributed by atoms with van der Waals surface area (Å²) in [5.74, 6) is -0.883. The van der Waals surface area contributed by atoms with Gasteiger partial charge in [0, 0.05) is 13.0 Å². The first-order valence-corrected chi connectivity index (χ1v) is 2.84. The van der Waals surface area contributed by atoms with Crippen LogP contribution in [0.5, 0.6) is 0 Å². The molecule has 0 aromatic rings. The number of hydrogen-bond acceptors (Lipinski definition) is 3. The molecule has 0 amide bonds. The third kappa shape index (κ3) is 2.56. The number of β-amino-alcohol motifs (C(OH)–C–C–N with tert-alkyl or cyclic N) is 1. The molecular formula is C5H10NNaO3. The Balaban J connectivity index is 0. The number of aliphatic hydroxyl groups is 1. The van der Waals surface area contributed by atoms with Gasteiger partial charge in [0.1, 0.15) is 6.04 Å². The minimum atomic E-state index is -0.883. The Labute approximate surface area is 82.4 Å². The Morgan fingerprint density at radius 1 is 1.70 bits per heavy atom. The zero-order chi connectivity index (χ0) is 6.85. The van der Waals surface area contributed by atoms with Crippen molar-refractivity contribution < 1.29 is 46.0 Å². The summed E-state index contributed by atoms with van der Waals surface area (Å²) < 4.78 is 0. The predicted molar refractivity (Wildman–Crippen MR) is 31.2 cm³/mol. The first kappa shape index (κ1) is 10.4. The monoisotopic (exact) mass is 155 g/mol. The number of carbonyl (C=O) groups is 1. The van der Waals surface area contributed by atoms with Crippen LogP contribution >= 0.6 is 0 Å². The summed E-state index contributed by atoms with van der Waals surface area (Å²) in [6.45, 7) is 0.400. The number of aliphatic hydroxyl groups excluding tert-OH is 1. The number of rotatable bonds is 1. The van der Waals surface area contributed by atoms with Gasteiger partial charge in [-0.2, -0.15) is 0 Å². The van der Waals surface area contributed by atoms with E-state index in [0.29, 0.717) is 13.0 Å². The Morgan fingerprint density at radius 2 is 2.30 bits per heavy atom. The molecule has 0 aromatic carbocycles. The second-order valence-corrected chi connectivity index (χ2v) is 2.19. The van der Waals surface area contributed by atoms with E-state index >= 15 is 0 Å². The summed E-state index contributed by atoms with van der Waals surface area (Å²) >= 11 is 0. The van der Waals surface area contributed by atoms with Crippen LogP contribution in [0.2, 0.25) is 0 Å². The van der Waals surface area contributed by atoms with Gasteiger partial charge in [-0.1, -0.05) is 0 Å². The largest absolute Gasteiger partial charge is 1.00 e. The van der Waals surface area contributed by atoms with Crippen LogP contribution < -0.4 is 34.9 Å². The molecule has 1 rings (SSSR count). The number of carboxylic acids is 1. The smallest absolute Gasteiger partial charge is 1.00 e. The fourth-order valence-corrected chi connectivity index (χ4v) is 0.905. The van der Waals surface area contributed by atoms with E-state index in [1.54, 1.807) is 0 Å². The molecule has 1 fully saturated rings. The average molecular weight is 155 g/mol. The number of carboxylic acid groups (broad SMARTS) is 1. The Morgan fingerprint density at radius 3 is 2.50 bits per heavy atom. The molecule has 1 heterocycles. The van der Waals surface area contributed by atoms with Crippen molar-refractivity contribution in [2.75, 3.05) is 6.54 Å². The SMILES string of the molecule is O=C(O)C1CC(O)CN1.[H-].[Na+]. The van der Waals surface area contributed by atoms with Gasteiger partial charge in [0.15, 0.2) is 0 Å². The Hall–Kier alpha value is 0.390. The topological polar surface area (TPSA) is 69.6 Å². The van der Waals surface area contributed by atoms with Crippen LogP contribution in [-0.2, 0) is 4.79 Å². The van der Waals surface area contributed by atoms with Crippen molar-refractivity contribution in [2.45, 2.75) is 18.6 Å². The molecule has 0 saturated carbocycles. The van der Waals surface area contributed by atoms with Crippen LogP contribution in [-0.4, -0.2) is 34.9 Å². The summed E-state index contributed by atoms with van der Waals surface area (Å²) in [4.78, 5) is 10.2. The maximum atomic E-state index is 10.2. The van der Waals surface area contributed by atoms with E-state index in [9.17, 15) is 4.79 Å². The summed E-state index contributed by atoms with van der Waals surface area (Å²) in [6.07, 6.45) is -0.152. The molecule has 1 saturated heterocycles.